The van der Waals surface area contributed by atoms with E-state index in [-0.39, 0.29) is 11.4 Å². The molecule has 0 aromatic carbocycles. The van der Waals surface area contributed by atoms with Crippen LogP contribution in [-0.2, 0) is 4.79 Å². The first-order valence-corrected chi connectivity index (χ1v) is 5.25. The molecule has 2 aliphatic rings. The molecule has 0 bridgehead atoms. The minimum absolute atomic E-state index is 0.0649. The highest BCUT2D eigenvalue weighted by atomic mass is 16.2. The Kier molecular flexibility index (Phi) is 1.73. The number of carbonyl (C=O) groups is 1. The van der Waals surface area contributed by atoms with E-state index in [0.717, 1.165) is 6.42 Å². The van der Waals surface area contributed by atoms with Crippen LogP contribution in [0.25, 0.3) is 0 Å². The van der Waals surface area contributed by atoms with E-state index in [0.29, 0.717) is 11.3 Å². The molecular formula is C11H19NO. The molecule has 0 aromatic heterocycles. The Morgan fingerprint density at radius 2 is 2.00 bits per heavy atom. The number of nitrogens with one attached hydrogen (secondary N) is 1. The number of carbonyl (C=O) groups excluding carboxylic acids is 1. The highest BCUT2D eigenvalue weighted by Gasteiger charge is 2.61. The molecule has 1 N–H and O–H groups in total. The van der Waals surface area contributed by atoms with Crippen molar-refractivity contribution < 1.29 is 4.79 Å². The summed E-state index contributed by atoms with van der Waals surface area (Å²) in [4.78, 5) is 11.7. The van der Waals surface area contributed by atoms with Crippen LogP contribution in [0.15, 0.2) is 0 Å². The molecule has 74 valence electrons. The molecule has 1 spiro atoms. The molecule has 0 radical (unpaired) electrons. The van der Waals surface area contributed by atoms with E-state index in [1.807, 2.05) is 20.8 Å². The number of hydrogen-bond donors (Lipinski definition) is 1. The quantitative estimate of drug-likeness (QED) is 0.659. The van der Waals surface area contributed by atoms with Crippen LogP contribution in [0.3, 0.4) is 0 Å². The van der Waals surface area contributed by atoms with Crippen molar-refractivity contribution in [3.8, 4) is 0 Å². The Labute approximate surface area is 80.1 Å². The van der Waals surface area contributed by atoms with Crippen LogP contribution < -0.4 is 5.32 Å². The predicted octanol–water partition coefficient (Wildman–Crippen LogP) is 2.09. The van der Waals surface area contributed by atoms with Crippen LogP contribution in [0.4, 0.5) is 0 Å². The van der Waals surface area contributed by atoms with Crippen LogP contribution in [-0.4, -0.2) is 11.4 Å². The van der Waals surface area contributed by atoms with E-state index in [1.54, 1.807) is 0 Å². The standard InChI is InChI=1S/C11H19NO/c1-10(2,3)12-9(13)8-7-11(8)5-4-6-11/h8H,4-7H2,1-3H3,(H,12,13)/t8-/m1/s1. The van der Waals surface area contributed by atoms with Gasteiger partial charge in [0, 0.05) is 11.5 Å². The lowest BCUT2D eigenvalue weighted by molar-refractivity contribution is -0.125. The van der Waals surface area contributed by atoms with Crippen molar-refractivity contribution in [1.29, 1.82) is 0 Å². The average molecular weight is 181 g/mol. The van der Waals surface area contributed by atoms with Crippen molar-refractivity contribution in [3.05, 3.63) is 0 Å². The summed E-state index contributed by atoms with van der Waals surface area (Å²) < 4.78 is 0. The zero-order valence-electron chi connectivity index (χ0n) is 8.81. The molecule has 2 fully saturated rings. The Bertz CT molecular complexity index is 235. The van der Waals surface area contributed by atoms with Gasteiger partial charge in [-0.1, -0.05) is 6.42 Å². The zero-order chi connectivity index (χ0) is 9.69. The van der Waals surface area contributed by atoms with E-state index in [9.17, 15) is 4.79 Å². The van der Waals surface area contributed by atoms with Crippen LogP contribution in [0.5, 0.6) is 0 Å². The van der Waals surface area contributed by atoms with Gasteiger partial charge in [0.1, 0.15) is 0 Å². The summed E-state index contributed by atoms with van der Waals surface area (Å²) in [6, 6.07) is 0. The van der Waals surface area contributed by atoms with Crippen LogP contribution in [0.1, 0.15) is 46.5 Å². The fraction of sp³-hybridized carbons (Fsp3) is 0.909. The average Bonchev–Trinajstić information content (AvgIpc) is 2.53. The van der Waals surface area contributed by atoms with Gasteiger partial charge in [0.15, 0.2) is 0 Å². The molecular weight excluding hydrogens is 162 g/mol. The maximum absolute atomic E-state index is 11.7. The molecule has 2 nitrogen and oxygen atoms in total. The first kappa shape index (κ1) is 9.04. The third-order valence-corrected chi connectivity index (χ3v) is 3.35. The van der Waals surface area contributed by atoms with Gasteiger partial charge in [0.25, 0.3) is 0 Å². The molecule has 1 amide bonds. The van der Waals surface area contributed by atoms with Gasteiger partial charge < -0.3 is 5.32 Å². The van der Waals surface area contributed by atoms with Crippen molar-refractivity contribution in [3.63, 3.8) is 0 Å². The zero-order valence-corrected chi connectivity index (χ0v) is 8.81. The molecule has 1 atom stereocenters. The summed E-state index contributed by atoms with van der Waals surface area (Å²) >= 11 is 0. The van der Waals surface area contributed by atoms with Gasteiger partial charge in [-0.05, 0) is 45.4 Å². The summed E-state index contributed by atoms with van der Waals surface area (Å²) in [5.41, 5.74) is 0.403. The summed E-state index contributed by atoms with van der Waals surface area (Å²) in [5, 5.41) is 3.07. The Balaban J connectivity index is 1.86. The Morgan fingerprint density at radius 1 is 1.38 bits per heavy atom. The lowest BCUT2D eigenvalue weighted by atomic mass is 9.79. The molecule has 13 heavy (non-hydrogen) atoms. The predicted molar refractivity (Wildman–Crippen MR) is 52.3 cm³/mol. The van der Waals surface area contributed by atoms with Gasteiger partial charge in [0.05, 0.1) is 0 Å². The normalized spacial score (nSPS) is 29.6. The first-order valence-electron chi connectivity index (χ1n) is 5.25. The molecule has 0 unspecified atom stereocenters. The van der Waals surface area contributed by atoms with Crippen LogP contribution in [0.2, 0.25) is 0 Å². The minimum atomic E-state index is -0.0649. The molecule has 0 heterocycles. The molecule has 0 aromatic rings. The SMILES string of the molecule is CC(C)(C)NC(=O)[C@H]1CC12CCC2. The number of hydrogen-bond acceptors (Lipinski definition) is 1. The second-order valence-corrected chi connectivity index (χ2v) is 5.71. The molecule has 2 aliphatic carbocycles. The lowest BCUT2D eigenvalue weighted by Gasteiger charge is -2.28. The highest BCUT2D eigenvalue weighted by Crippen LogP contribution is 2.65. The Hall–Kier alpha value is -0.530. The van der Waals surface area contributed by atoms with Gasteiger partial charge in [0.2, 0.25) is 5.91 Å². The minimum Gasteiger partial charge on any atom is -0.351 e. The van der Waals surface area contributed by atoms with Gasteiger partial charge >= 0.3 is 0 Å². The lowest BCUT2D eigenvalue weighted by Crippen LogP contribution is -2.42. The summed E-state index contributed by atoms with van der Waals surface area (Å²) in [6.07, 6.45) is 5.05. The molecule has 0 saturated heterocycles. The highest BCUT2D eigenvalue weighted by molar-refractivity contribution is 5.83. The van der Waals surface area contributed by atoms with Crippen LogP contribution in [0, 0.1) is 11.3 Å². The van der Waals surface area contributed by atoms with Crippen molar-refractivity contribution >= 4 is 5.91 Å². The van der Waals surface area contributed by atoms with E-state index < -0.39 is 0 Å². The number of amides is 1. The smallest absolute Gasteiger partial charge is 0.224 e. The maximum Gasteiger partial charge on any atom is 0.224 e. The van der Waals surface area contributed by atoms with Crippen molar-refractivity contribution in [1.82, 2.24) is 5.32 Å². The third-order valence-electron chi connectivity index (χ3n) is 3.35. The summed E-state index contributed by atoms with van der Waals surface area (Å²) in [6.45, 7) is 6.13. The first-order chi connectivity index (χ1) is 5.93. The van der Waals surface area contributed by atoms with Crippen LogP contribution >= 0.6 is 0 Å². The monoisotopic (exact) mass is 181 g/mol. The topological polar surface area (TPSA) is 29.1 Å². The fourth-order valence-electron chi connectivity index (χ4n) is 2.36. The summed E-state index contributed by atoms with van der Waals surface area (Å²) in [5.74, 6) is 0.632. The van der Waals surface area contributed by atoms with Crippen molar-refractivity contribution in [2.75, 3.05) is 0 Å². The second kappa shape index (κ2) is 2.49. The fourth-order valence-corrected chi connectivity index (χ4v) is 2.36. The Morgan fingerprint density at radius 3 is 2.31 bits per heavy atom. The van der Waals surface area contributed by atoms with Gasteiger partial charge in [-0.25, -0.2) is 0 Å². The van der Waals surface area contributed by atoms with E-state index >= 15 is 0 Å². The van der Waals surface area contributed by atoms with E-state index in [4.69, 9.17) is 0 Å². The van der Waals surface area contributed by atoms with E-state index in [1.165, 1.54) is 19.3 Å². The third kappa shape index (κ3) is 1.59. The summed E-state index contributed by atoms with van der Waals surface area (Å²) in [7, 11) is 0. The molecule has 2 heteroatoms. The molecule has 2 saturated carbocycles. The van der Waals surface area contributed by atoms with Gasteiger partial charge in [-0.2, -0.15) is 0 Å². The maximum atomic E-state index is 11.7. The largest absolute Gasteiger partial charge is 0.351 e. The van der Waals surface area contributed by atoms with E-state index in [2.05, 4.69) is 5.32 Å². The second-order valence-electron chi connectivity index (χ2n) is 5.71. The van der Waals surface area contributed by atoms with Gasteiger partial charge in [-0.3, -0.25) is 4.79 Å². The molecule has 0 aliphatic heterocycles. The number of rotatable bonds is 1. The van der Waals surface area contributed by atoms with Crippen molar-refractivity contribution in [2.24, 2.45) is 11.3 Å². The van der Waals surface area contributed by atoms with Crippen molar-refractivity contribution in [2.45, 2.75) is 52.0 Å². The molecule has 2 rings (SSSR count). The van der Waals surface area contributed by atoms with Gasteiger partial charge in [-0.15, -0.1) is 0 Å².